The summed E-state index contributed by atoms with van der Waals surface area (Å²) in [6, 6.07) is 5.42. The standard InChI is InChI=1S/C13H16O3/c1-8-3-6-11(16-2)10(7-8)13(15)12(14)9-4-5-9/h3,6-7,9,12,14H,4-5H2,1-2H3. The molecule has 0 saturated heterocycles. The largest absolute Gasteiger partial charge is 0.496 e. The molecule has 0 radical (unpaired) electrons. The van der Waals surface area contributed by atoms with E-state index in [1.165, 1.54) is 7.11 Å². The van der Waals surface area contributed by atoms with E-state index >= 15 is 0 Å². The third-order valence-corrected chi connectivity index (χ3v) is 2.96. The molecule has 1 unspecified atom stereocenters. The van der Waals surface area contributed by atoms with Gasteiger partial charge in [0, 0.05) is 0 Å². The van der Waals surface area contributed by atoms with Gasteiger partial charge >= 0.3 is 0 Å². The lowest BCUT2D eigenvalue weighted by atomic mass is 10.0. The zero-order valence-corrected chi connectivity index (χ0v) is 9.56. The zero-order chi connectivity index (χ0) is 11.7. The molecule has 2 rings (SSSR count). The van der Waals surface area contributed by atoms with Crippen LogP contribution in [-0.4, -0.2) is 24.1 Å². The Morgan fingerprint density at radius 3 is 2.75 bits per heavy atom. The lowest BCUT2D eigenvalue weighted by Crippen LogP contribution is -2.23. The van der Waals surface area contributed by atoms with Gasteiger partial charge in [0.25, 0.3) is 0 Å². The van der Waals surface area contributed by atoms with Crippen molar-refractivity contribution in [2.75, 3.05) is 7.11 Å². The number of methoxy groups -OCH3 is 1. The third kappa shape index (κ3) is 2.09. The monoisotopic (exact) mass is 220 g/mol. The number of Topliss-reactive ketones (excluding diaryl/α,β-unsaturated/α-hetero) is 1. The summed E-state index contributed by atoms with van der Waals surface area (Å²) in [5, 5.41) is 9.82. The topological polar surface area (TPSA) is 46.5 Å². The Bertz CT molecular complexity index is 408. The van der Waals surface area contributed by atoms with Crippen molar-refractivity contribution in [1.29, 1.82) is 0 Å². The highest BCUT2D eigenvalue weighted by molar-refractivity contribution is 6.02. The van der Waals surface area contributed by atoms with Crippen LogP contribution in [0.5, 0.6) is 5.75 Å². The van der Waals surface area contributed by atoms with Crippen molar-refractivity contribution in [1.82, 2.24) is 0 Å². The summed E-state index contributed by atoms with van der Waals surface area (Å²) < 4.78 is 5.14. The van der Waals surface area contributed by atoms with Crippen LogP contribution >= 0.6 is 0 Å². The number of aryl methyl sites for hydroxylation is 1. The molecule has 1 aromatic rings. The van der Waals surface area contributed by atoms with Gasteiger partial charge < -0.3 is 9.84 Å². The molecule has 1 saturated carbocycles. The fraction of sp³-hybridized carbons (Fsp3) is 0.462. The van der Waals surface area contributed by atoms with E-state index in [1.54, 1.807) is 12.1 Å². The van der Waals surface area contributed by atoms with Crippen LogP contribution in [0, 0.1) is 12.8 Å². The van der Waals surface area contributed by atoms with Gasteiger partial charge in [0.05, 0.1) is 12.7 Å². The van der Waals surface area contributed by atoms with Gasteiger partial charge in [0.1, 0.15) is 11.9 Å². The second-order valence-electron chi connectivity index (χ2n) is 4.35. The smallest absolute Gasteiger partial charge is 0.195 e. The molecular weight excluding hydrogens is 204 g/mol. The first-order valence-electron chi connectivity index (χ1n) is 5.50. The van der Waals surface area contributed by atoms with E-state index in [2.05, 4.69) is 0 Å². The van der Waals surface area contributed by atoms with Crippen LogP contribution in [0.15, 0.2) is 18.2 Å². The highest BCUT2D eigenvalue weighted by Gasteiger charge is 2.35. The molecular formula is C13H16O3. The van der Waals surface area contributed by atoms with Crippen molar-refractivity contribution >= 4 is 5.78 Å². The molecule has 0 amide bonds. The van der Waals surface area contributed by atoms with Crippen molar-refractivity contribution in [2.45, 2.75) is 25.9 Å². The normalized spacial score (nSPS) is 16.9. The number of rotatable bonds is 4. The van der Waals surface area contributed by atoms with Gasteiger partial charge in [-0.2, -0.15) is 0 Å². The van der Waals surface area contributed by atoms with Gasteiger partial charge in [0.2, 0.25) is 0 Å². The van der Waals surface area contributed by atoms with Gasteiger partial charge in [0.15, 0.2) is 5.78 Å². The molecule has 1 aliphatic carbocycles. The molecule has 1 fully saturated rings. The molecule has 3 nitrogen and oxygen atoms in total. The summed E-state index contributed by atoms with van der Waals surface area (Å²) in [7, 11) is 1.53. The van der Waals surface area contributed by atoms with Crippen LogP contribution in [0.25, 0.3) is 0 Å². The Morgan fingerprint density at radius 1 is 1.50 bits per heavy atom. The number of benzene rings is 1. The summed E-state index contributed by atoms with van der Waals surface area (Å²) >= 11 is 0. The summed E-state index contributed by atoms with van der Waals surface area (Å²) in [5.41, 5.74) is 1.48. The van der Waals surface area contributed by atoms with Crippen molar-refractivity contribution in [3.8, 4) is 5.75 Å². The fourth-order valence-electron chi connectivity index (χ4n) is 1.80. The average molecular weight is 220 g/mol. The first-order valence-corrected chi connectivity index (χ1v) is 5.50. The van der Waals surface area contributed by atoms with E-state index in [0.29, 0.717) is 11.3 Å². The maximum absolute atomic E-state index is 12.0. The van der Waals surface area contributed by atoms with Crippen molar-refractivity contribution in [2.24, 2.45) is 5.92 Å². The summed E-state index contributed by atoms with van der Waals surface area (Å²) in [4.78, 5) is 12.0. The number of ether oxygens (including phenoxy) is 1. The van der Waals surface area contributed by atoms with E-state index in [1.807, 2.05) is 13.0 Å². The van der Waals surface area contributed by atoms with E-state index < -0.39 is 6.10 Å². The lowest BCUT2D eigenvalue weighted by molar-refractivity contribution is 0.0700. The average Bonchev–Trinajstić information content (AvgIpc) is 3.11. The van der Waals surface area contributed by atoms with Gasteiger partial charge in [-0.3, -0.25) is 4.79 Å². The molecule has 0 aliphatic heterocycles. The quantitative estimate of drug-likeness (QED) is 0.789. The molecule has 0 spiro atoms. The van der Waals surface area contributed by atoms with Crippen LogP contribution in [-0.2, 0) is 0 Å². The second kappa shape index (κ2) is 4.26. The number of aliphatic hydroxyl groups excluding tert-OH is 1. The Kier molecular flexibility index (Phi) is 2.97. The summed E-state index contributed by atoms with van der Waals surface area (Å²) in [5.74, 6) is 0.469. The van der Waals surface area contributed by atoms with Crippen molar-refractivity contribution < 1.29 is 14.6 Å². The molecule has 1 atom stereocenters. The maximum atomic E-state index is 12.0. The van der Waals surface area contributed by atoms with Crippen LogP contribution in [0.4, 0.5) is 0 Å². The molecule has 86 valence electrons. The van der Waals surface area contributed by atoms with Crippen molar-refractivity contribution in [3.05, 3.63) is 29.3 Å². The molecule has 3 heteroatoms. The maximum Gasteiger partial charge on any atom is 0.195 e. The van der Waals surface area contributed by atoms with Crippen LogP contribution in [0.2, 0.25) is 0 Å². The Labute approximate surface area is 95.0 Å². The minimum absolute atomic E-state index is 0.151. The van der Waals surface area contributed by atoms with E-state index in [-0.39, 0.29) is 11.7 Å². The van der Waals surface area contributed by atoms with Crippen LogP contribution < -0.4 is 4.74 Å². The van der Waals surface area contributed by atoms with Crippen LogP contribution in [0.3, 0.4) is 0 Å². The molecule has 0 aromatic heterocycles. The van der Waals surface area contributed by atoms with E-state index in [4.69, 9.17) is 4.74 Å². The number of carbonyl (C=O) groups excluding carboxylic acids is 1. The van der Waals surface area contributed by atoms with E-state index in [0.717, 1.165) is 18.4 Å². The van der Waals surface area contributed by atoms with Gasteiger partial charge in [-0.25, -0.2) is 0 Å². The summed E-state index contributed by atoms with van der Waals surface area (Å²) in [6.45, 7) is 1.92. The number of aliphatic hydroxyl groups is 1. The molecule has 16 heavy (non-hydrogen) atoms. The van der Waals surface area contributed by atoms with Gasteiger partial charge in [-0.05, 0) is 37.8 Å². The molecule has 0 bridgehead atoms. The molecule has 0 heterocycles. The fourth-order valence-corrected chi connectivity index (χ4v) is 1.80. The highest BCUT2D eigenvalue weighted by Crippen LogP contribution is 2.35. The minimum atomic E-state index is -0.865. The number of ketones is 1. The van der Waals surface area contributed by atoms with Crippen LogP contribution in [0.1, 0.15) is 28.8 Å². The van der Waals surface area contributed by atoms with E-state index in [9.17, 15) is 9.90 Å². The summed E-state index contributed by atoms with van der Waals surface area (Å²) in [6.07, 6.45) is 1.03. The lowest BCUT2D eigenvalue weighted by Gasteiger charge is -2.12. The zero-order valence-electron chi connectivity index (χ0n) is 9.56. The molecule has 1 aliphatic rings. The van der Waals surface area contributed by atoms with Gasteiger partial charge in [-0.1, -0.05) is 11.6 Å². The number of carbonyl (C=O) groups is 1. The second-order valence-corrected chi connectivity index (χ2v) is 4.35. The third-order valence-electron chi connectivity index (χ3n) is 2.96. The Morgan fingerprint density at radius 2 is 2.19 bits per heavy atom. The SMILES string of the molecule is COc1ccc(C)cc1C(=O)C(O)C1CC1. The first kappa shape index (κ1) is 11.1. The predicted molar refractivity (Wildman–Crippen MR) is 60.8 cm³/mol. The van der Waals surface area contributed by atoms with Gasteiger partial charge in [-0.15, -0.1) is 0 Å². The highest BCUT2D eigenvalue weighted by atomic mass is 16.5. The predicted octanol–water partition coefficient (Wildman–Crippen LogP) is 1.96. The van der Waals surface area contributed by atoms with Crippen molar-refractivity contribution in [3.63, 3.8) is 0 Å². The number of hydrogen-bond acceptors (Lipinski definition) is 3. The Balaban J connectivity index is 2.30. The number of hydrogen-bond donors (Lipinski definition) is 1. The Hall–Kier alpha value is -1.35. The minimum Gasteiger partial charge on any atom is -0.496 e. The molecule has 1 aromatic carbocycles. The molecule has 1 N–H and O–H groups in total. The first-order chi connectivity index (χ1) is 7.63.